The maximum absolute atomic E-state index is 12.3. The zero-order chi connectivity index (χ0) is 13.5. The fourth-order valence-corrected chi connectivity index (χ4v) is 2.57. The van der Waals surface area contributed by atoms with Gasteiger partial charge in [-0.05, 0) is 32.6 Å². The number of piperidine rings is 1. The van der Waals surface area contributed by atoms with E-state index in [-0.39, 0.29) is 23.8 Å². The second-order valence-corrected chi connectivity index (χ2v) is 5.46. The van der Waals surface area contributed by atoms with Gasteiger partial charge in [-0.25, -0.2) is 0 Å². The van der Waals surface area contributed by atoms with Crippen LogP contribution < -0.4 is 0 Å². The van der Waals surface area contributed by atoms with Gasteiger partial charge in [-0.2, -0.15) is 0 Å². The van der Waals surface area contributed by atoms with Crippen molar-refractivity contribution in [3.63, 3.8) is 0 Å². The van der Waals surface area contributed by atoms with Gasteiger partial charge in [0.05, 0.1) is 6.10 Å². The largest absolute Gasteiger partial charge is 0.393 e. The van der Waals surface area contributed by atoms with Crippen LogP contribution in [0, 0.1) is 11.8 Å². The molecule has 1 heterocycles. The maximum Gasteiger partial charge on any atom is 0.225 e. The highest BCUT2D eigenvalue weighted by molar-refractivity contribution is 5.78. The molecule has 0 radical (unpaired) electrons. The summed E-state index contributed by atoms with van der Waals surface area (Å²) in [5.74, 6) is 0.540. The van der Waals surface area contributed by atoms with Crippen molar-refractivity contribution in [3.05, 3.63) is 0 Å². The van der Waals surface area contributed by atoms with Crippen molar-refractivity contribution in [2.75, 3.05) is 26.8 Å². The van der Waals surface area contributed by atoms with Gasteiger partial charge in [0.2, 0.25) is 5.91 Å². The van der Waals surface area contributed by atoms with E-state index < -0.39 is 0 Å². The molecule has 1 rings (SSSR count). The van der Waals surface area contributed by atoms with Crippen molar-refractivity contribution in [2.45, 2.75) is 45.6 Å². The molecule has 0 aliphatic carbocycles. The van der Waals surface area contributed by atoms with Crippen LogP contribution in [0.15, 0.2) is 0 Å². The Bertz CT molecular complexity index is 255. The summed E-state index contributed by atoms with van der Waals surface area (Å²) in [7, 11) is 1.68. The number of carbonyl (C=O) groups excluding carboxylic acids is 1. The number of hydrogen-bond donors (Lipinski definition) is 1. The summed E-state index contributed by atoms with van der Waals surface area (Å²) in [6.07, 6.45) is 3.52. The van der Waals surface area contributed by atoms with Crippen LogP contribution in [0.2, 0.25) is 0 Å². The number of likely N-dealkylation sites (tertiary alicyclic amines) is 1. The molecule has 0 aromatic heterocycles. The Morgan fingerprint density at radius 3 is 2.83 bits per heavy atom. The first-order chi connectivity index (χ1) is 8.56. The number of ether oxygens (including phenoxy) is 1. The lowest BCUT2D eigenvalue weighted by atomic mass is 9.92. The van der Waals surface area contributed by atoms with Crippen LogP contribution in [0.25, 0.3) is 0 Å². The van der Waals surface area contributed by atoms with Crippen LogP contribution in [0.4, 0.5) is 0 Å². The Labute approximate surface area is 110 Å². The fourth-order valence-electron chi connectivity index (χ4n) is 2.57. The molecule has 0 saturated carbocycles. The van der Waals surface area contributed by atoms with E-state index in [2.05, 4.69) is 0 Å². The second kappa shape index (κ2) is 7.74. The number of hydrogen-bond acceptors (Lipinski definition) is 3. The van der Waals surface area contributed by atoms with E-state index in [1.807, 2.05) is 18.7 Å². The van der Waals surface area contributed by atoms with E-state index >= 15 is 0 Å². The topological polar surface area (TPSA) is 49.8 Å². The molecule has 3 atom stereocenters. The minimum Gasteiger partial charge on any atom is -0.393 e. The molecule has 4 heteroatoms. The molecule has 106 valence electrons. The van der Waals surface area contributed by atoms with Gasteiger partial charge >= 0.3 is 0 Å². The lowest BCUT2D eigenvalue weighted by Gasteiger charge is -2.35. The van der Waals surface area contributed by atoms with Gasteiger partial charge in [-0.3, -0.25) is 4.79 Å². The number of amides is 1. The number of aliphatic hydroxyl groups is 1. The van der Waals surface area contributed by atoms with Gasteiger partial charge in [0, 0.05) is 38.6 Å². The summed E-state index contributed by atoms with van der Waals surface area (Å²) >= 11 is 0. The second-order valence-electron chi connectivity index (χ2n) is 5.46. The molecule has 18 heavy (non-hydrogen) atoms. The lowest BCUT2D eigenvalue weighted by molar-refractivity contribution is -0.137. The lowest BCUT2D eigenvalue weighted by Crippen LogP contribution is -2.45. The van der Waals surface area contributed by atoms with E-state index in [1.54, 1.807) is 7.11 Å². The van der Waals surface area contributed by atoms with E-state index in [0.29, 0.717) is 13.2 Å². The Morgan fingerprint density at radius 1 is 1.50 bits per heavy atom. The third-order valence-corrected chi connectivity index (χ3v) is 3.86. The van der Waals surface area contributed by atoms with Gasteiger partial charge < -0.3 is 14.7 Å². The smallest absolute Gasteiger partial charge is 0.225 e. The van der Waals surface area contributed by atoms with Crippen molar-refractivity contribution >= 4 is 5.91 Å². The molecule has 0 spiro atoms. The van der Waals surface area contributed by atoms with Gasteiger partial charge in [0.15, 0.2) is 0 Å². The molecule has 1 aliphatic rings. The molecule has 3 unspecified atom stereocenters. The van der Waals surface area contributed by atoms with Crippen molar-refractivity contribution in [1.82, 2.24) is 4.90 Å². The molecule has 1 saturated heterocycles. The van der Waals surface area contributed by atoms with Crippen LogP contribution in [0.1, 0.15) is 39.5 Å². The summed E-state index contributed by atoms with van der Waals surface area (Å²) in [6, 6.07) is 0. The first-order valence-electron chi connectivity index (χ1n) is 7.02. The molecule has 0 bridgehead atoms. The standard InChI is InChI=1S/C14H27NO3/c1-11(6-5-9-18-3)14(17)15-8-4-7-13(10-15)12(2)16/h11-13,16H,4-10H2,1-3H3. The van der Waals surface area contributed by atoms with Crippen LogP contribution in [-0.4, -0.2) is 48.8 Å². The van der Waals surface area contributed by atoms with Crippen LogP contribution >= 0.6 is 0 Å². The molecular weight excluding hydrogens is 230 g/mol. The quantitative estimate of drug-likeness (QED) is 0.736. The molecule has 0 aromatic rings. The van der Waals surface area contributed by atoms with Gasteiger partial charge in [0.1, 0.15) is 0 Å². The highest BCUT2D eigenvalue weighted by atomic mass is 16.5. The number of nitrogens with zero attached hydrogens (tertiary/aromatic N) is 1. The van der Waals surface area contributed by atoms with E-state index in [9.17, 15) is 9.90 Å². The molecule has 0 aromatic carbocycles. The van der Waals surface area contributed by atoms with Gasteiger partial charge in [-0.1, -0.05) is 6.92 Å². The molecule has 4 nitrogen and oxygen atoms in total. The highest BCUT2D eigenvalue weighted by Gasteiger charge is 2.28. The first-order valence-corrected chi connectivity index (χ1v) is 7.02. The van der Waals surface area contributed by atoms with Crippen molar-refractivity contribution in [3.8, 4) is 0 Å². The first kappa shape index (κ1) is 15.4. The SMILES string of the molecule is COCCCC(C)C(=O)N1CCCC(C(C)O)C1. The van der Waals surface area contributed by atoms with E-state index in [1.165, 1.54) is 0 Å². The summed E-state index contributed by atoms with van der Waals surface area (Å²) in [6.45, 7) is 6.08. The van der Waals surface area contributed by atoms with Crippen molar-refractivity contribution < 1.29 is 14.6 Å². The predicted molar refractivity (Wildman–Crippen MR) is 71.3 cm³/mol. The third-order valence-electron chi connectivity index (χ3n) is 3.86. The summed E-state index contributed by atoms with van der Waals surface area (Å²) in [4.78, 5) is 14.2. The highest BCUT2D eigenvalue weighted by Crippen LogP contribution is 2.22. The number of methoxy groups -OCH3 is 1. The Morgan fingerprint density at radius 2 is 2.22 bits per heavy atom. The Hall–Kier alpha value is -0.610. The normalized spacial score (nSPS) is 23.8. The zero-order valence-electron chi connectivity index (χ0n) is 11.9. The minimum atomic E-state index is -0.315. The molecule has 1 amide bonds. The van der Waals surface area contributed by atoms with Crippen LogP contribution in [-0.2, 0) is 9.53 Å². The van der Waals surface area contributed by atoms with E-state index in [4.69, 9.17) is 4.74 Å². The number of carbonyl (C=O) groups is 1. The van der Waals surface area contributed by atoms with Crippen molar-refractivity contribution in [2.24, 2.45) is 11.8 Å². The Kier molecular flexibility index (Phi) is 6.65. The molecular formula is C14H27NO3. The van der Waals surface area contributed by atoms with Gasteiger partial charge in [0.25, 0.3) is 0 Å². The average Bonchev–Trinajstić information content (AvgIpc) is 2.38. The average molecular weight is 257 g/mol. The molecule has 1 N–H and O–H groups in total. The predicted octanol–water partition coefficient (Wildman–Crippen LogP) is 1.67. The Balaban J connectivity index is 2.40. The maximum atomic E-state index is 12.3. The third kappa shape index (κ3) is 4.58. The minimum absolute atomic E-state index is 0.0629. The summed E-state index contributed by atoms with van der Waals surface area (Å²) in [5.41, 5.74) is 0. The summed E-state index contributed by atoms with van der Waals surface area (Å²) in [5, 5.41) is 9.63. The van der Waals surface area contributed by atoms with Crippen molar-refractivity contribution in [1.29, 1.82) is 0 Å². The number of rotatable bonds is 6. The van der Waals surface area contributed by atoms with E-state index in [0.717, 1.165) is 32.2 Å². The molecule has 1 aliphatic heterocycles. The number of aliphatic hydroxyl groups excluding tert-OH is 1. The van der Waals surface area contributed by atoms with Gasteiger partial charge in [-0.15, -0.1) is 0 Å². The zero-order valence-corrected chi connectivity index (χ0v) is 11.9. The monoisotopic (exact) mass is 257 g/mol. The summed E-state index contributed by atoms with van der Waals surface area (Å²) < 4.78 is 5.01. The van der Waals surface area contributed by atoms with Crippen LogP contribution in [0.5, 0.6) is 0 Å². The molecule has 1 fully saturated rings. The fraction of sp³-hybridized carbons (Fsp3) is 0.929. The van der Waals surface area contributed by atoms with Crippen LogP contribution in [0.3, 0.4) is 0 Å².